The lowest BCUT2D eigenvalue weighted by Gasteiger charge is -2.14. The Labute approximate surface area is 192 Å². The Kier molecular flexibility index (Phi) is 5.02. The van der Waals surface area contributed by atoms with Crippen LogP contribution in [0.25, 0.3) is 32.5 Å². The van der Waals surface area contributed by atoms with Gasteiger partial charge in [0.05, 0.1) is 39.0 Å². The molecule has 2 aromatic carbocycles. The number of aromatic nitrogens is 3. The van der Waals surface area contributed by atoms with E-state index in [9.17, 15) is 10.1 Å². The lowest BCUT2D eigenvalue weighted by atomic mass is 10.1. The summed E-state index contributed by atoms with van der Waals surface area (Å²) in [5.41, 5.74) is 3.11. The van der Waals surface area contributed by atoms with Crippen molar-refractivity contribution in [1.82, 2.24) is 14.5 Å². The predicted octanol–water partition coefficient (Wildman–Crippen LogP) is 6.33. The van der Waals surface area contributed by atoms with Gasteiger partial charge in [-0.15, -0.1) is 11.3 Å². The highest BCUT2D eigenvalue weighted by atomic mass is 32.1. The van der Waals surface area contributed by atoms with E-state index in [-0.39, 0.29) is 5.69 Å². The van der Waals surface area contributed by atoms with Gasteiger partial charge >= 0.3 is 0 Å². The molecule has 1 N–H and O–H groups in total. The van der Waals surface area contributed by atoms with Crippen molar-refractivity contribution in [2.45, 2.75) is 6.92 Å². The normalized spacial score (nSPS) is 11.1. The number of allylic oxidation sites excluding steroid dienone is 1. The molecule has 0 fully saturated rings. The molecule has 0 radical (unpaired) electrons. The summed E-state index contributed by atoms with van der Waals surface area (Å²) in [6.45, 7) is 5.56. The summed E-state index contributed by atoms with van der Waals surface area (Å²) in [6, 6.07) is 15.0. The highest BCUT2D eigenvalue weighted by Crippen LogP contribution is 2.37. The molecule has 0 unspecified atom stereocenters. The molecule has 3 heterocycles. The average Bonchev–Trinajstić information content (AvgIpc) is 3.45. The maximum atomic E-state index is 11.7. The highest BCUT2D eigenvalue weighted by Gasteiger charge is 2.21. The Hall–Kier alpha value is -4.24. The zero-order valence-corrected chi connectivity index (χ0v) is 18.7. The highest BCUT2D eigenvalue weighted by molar-refractivity contribution is 7.17. The number of para-hydroxylation sites is 1. The van der Waals surface area contributed by atoms with Crippen molar-refractivity contribution in [3.63, 3.8) is 0 Å². The molecule has 0 atom stereocenters. The number of thiophene rings is 1. The van der Waals surface area contributed by atoms with E-state index in [1.807, 2.05) is 52.5 Å². The van der Waals surface area contributed by atoms with Gasteiger partial charge in [-0.1, -0.05) is 24.8 Å². The molecule has 164 valence electrons. The van der Waals surface area contributed by atoms with Crippen LogP contribution in [-0.4, -0.2) is 26.6 Å². The van der Waals surface area contributed by atoms with Crippen LogP contribution in [0.2, 0.25) is 0 Å². The fourth-order valence-corrected chi connectivity index (χ4v) is 4.60. The summed E-state index contributed by atoms with van der Waals surface area (Å²) in [4.78, 5) is 20.6. The molecule has 5 aromatic rings. The van der Waals surface area contributed by atoms with E-state index in [0.29, 0.717) is 28.5 Å². The van der Waals surface area contributed by atoms with Gasteiger partial charge in [-0.25, -0.2) is 4.98 Å². The van der Waals surface area contributed by atoms with Crippen molar-refractivity contribution < 1.29 is 9.66 Å². The molecule has 0 bridgehead atoms. The number of rotatable bonds is 6. The van der Waals surface area contributed by atoms with Gasteiger partial charge in [0.25, 0.3) is 5.69 Å². The van der Waals surface area contributed by atoms with Gasteiger partial charge in [0.1, 0.15) is 5.75 Å². The van der Waals surface area contributed by atoms with E-state index < -0.39 is 4.92 Å². The second-order valence-electron chi connectivity index (χ2n) is 7.48. The number of nitrogens with one attached hydrogen (secondary N) is 1. The Morgan fingerprint density at radius 3 is 2.79 bits per heavy atom. The summed E-state index contributed by atoms with van der Waals surface area (Å²) >= 11 is 1.56. The minimum atomic E-state index is -0.436. The van der Waals surface area contributed by atoms with Crippen LogP contribution in [-0.2, 0) is 0 Å². The van der Waals surface area contributed by atoms with Gasteiger partial charge < -0.3 is 10.1 Å². The molecular formula is C24H19N5O3S. The number of nitro groups is 1. The van der Waals surface area contributed by atoms with Crippen LogP contribution in [0.15, 0.2) is 66.7 Å². The van der Waals surface area contributed by atoms with E-state index in [2.05, 4.69) is 16.9 Å². The molecule has 8 nitrogen and oxygen atoms in total. The van der Waals surface area contributed by atoms with Crippen LogP contribution >= 0.6 is 11.3 Å². The van der Waals surface area contributed by atoms with Crippen molar-refractivity contribution in [3.8, 4) is 11.6 Å². The zero-order valence-electron chi connectivity index (χ0n) is 17.9. The Morgan fingerprint density at radius 2 is 2.03 bits per heavy atom. The monoisotopic (exact) mass is 457 g/mol. The van der Waals surface area contributed by atoms with Crippen LogP contribution in [0.5, 0.6) is 5.75 Å². The van der Waals surface area contributed by atoms with Crippen LogP contribution in [0, 0.1) is 10.1 Å². The van der Waals surface area contributed by atoms with Crippen LogP contribution in [0.1, 0.15) is 12.5 Å². The number of benzene rings is 2. The number of fused-ring (bicyclic) bond motifs is 2. The van der Waals surface area contributed by atoms with Gasteiger partial charge in [0.2, 0.25) is 5.95 Å². The van der Waals surface area contributed by atoms with Crippen molar-refractivity contribution in [2.75, 3.05) is 12.4 Å². The lowest BCUT2D eigenvalue weighted by molar-refractivity contribution is -0.385. The van der Waals surface area contributed by atoms with Crippen LogP contribution < -0.4 is 10.1 Å². The molecule has 0 spiro atoms. The third-order valence-corrected chi connectivity index (χ3v) is 6.23. The van der Waals surface area contributed by atoms with Crippen molar-refractivity contribution in [1.29, 1.82) is 0 Å². The van der Waals surface area contributed by atoms with E-state index in [4.69, 9.17) is 9.72 Å². The first kappa shape index (κ1) is 20.7. The molecule has 5 rings (SSSR count). The molecule has 9 heteroatoms. The minimum Gasteiger partial charge on any atom is -0.495 e. The maximum Gasteiger partial charge on any atom is 0.279 e. The van der Waals surface area contributed by atoms with Crippen molar-refractivity contribution in [3.05, 3.63) is 82.4 Å². The quantitative estimate of drug-likeness (QED) is 0.236. The Morgan fingerprint density at radius 1 is 1.21 bits per heavy atom. The van der Waals surface area contributed by atoms with E-state index >= 15 is 0 Å². The van der Waals surface area contributed by atoms with Crippen LogP contribution in [0.3, 0.4) is 0 Å². The SMILES string of the molecule is C=C(C)c1cc(OC)c(Nc2nc(-n3ccc4ccccc43)c3sccc3n2)cc1[N+](=O)[O-]. The number of hydrogen-bond donors (Lipinski definition) is 1. The molecule has 33 heavy (non-hydrogen) atoms. The molecule has 0 amide bonds. The van der Waals surface area contributed by atoms with E-state index in [1.54, 1.807) is 24.3 Å². The van der Waals surface area contributed by atoms with E-state index in [1.165, 1.54) is 13.2 Å². The summed E-state index contributed by atoms with van der Waals surface area (Å²) in [5, 5.41) is 17.9. The first-order valence-electron chi connectivity index (χ1n) is 10.1. The molecule has 0 aliphatic carbocycles. The molecular weight excluding hydrogens is 438 g/mol. The zero-order chi connectivity index (χ0) is 23.1. The summed E-state index contributed by atoms with van der Waals surface area (Å²) in [7, 11) is 1.51. The van der Waals surface area contributed by atoms with Crippen LogP contribution in [0.4, 0.5) is 17.3 Å². The third kappa shape index (κ3) is 3.58. The number of hydrogen-bond acceptors (Lipinski definition) is 7. The first-order valence-corrected chi connectivity index (χ1v) is 11.0. The average molecular weight is 458 g/mol. The number of anilines is 2. The number of ether oxygens (including phenoxy) is 1. The van der Waals surface area contributed by atoms with Crippen molar-refractivity contribution >= 4 is 55.4 Å². The number of nitro benzene ring substituents is 1. The lowest BCUT2D eigenvalue weighted by Crippen LogP contribution is -2.05. The summed E-state index contributed by atoms with van der Waals surface area (Å²) < 4.78 is 8.45. The minimum absolute atomic E-state index is 0.0703. The fraction of sp³-hybridized carbons (Fsp3) is 0.0833. The maximum absolute atomic E-state index is 11.7. The van der Waals surface area contributed by atoms with Gasteiger partial charge in [0, 0.05) is 12.3 Å². The van der Waals surface area contributed by atoms with Crippen molar-refractivity contribution in [2.24, 2.45) is 0 Å². The van der Waals surface area contributed by atoms with Gasteiger partial charge in [-0.2, -0.15) is 4.98 Å². The second-order valence-corrected chi connectivity index (χ2v) is 8.40. The topological polar surface area (TPSA) is 95.1 Å². The summed E-state index contributed by atoms with van der Waals surface area (Å²) in [5.74, 6) is 1.47. The third-order valence-electron chi connectivity index (χ3n) is 5.33. The largest absolute Gasteiger partial charge is 0.495 e. The Balaban J connectivity index is 1.66. The van der Waals surface area contributed by atoms with E-state index in [0.717, 1.165) is 26.9 Å². The smallest absolute Gasteiger partial charge is 0.279 e. The van der Waals surface area contributed by atoms with Gasteiger partial charge in [-0.05, 0) is 47.5 Å². The molecule has 3 aromatic heterocycles. The van der Waals surface area contributed by atoms with Gasteiger partial charge in [-0.3, -0.25) is 14.7 Å². The molecule has 0 aliphatic rings. The number of nitrogens with zero attached hydrogens (tertiary/aromatic N) is 4. The number of methoxy groups -OCH3 is 1. The molecule has 0 aliphatic heterocycles. The predicted molar refractivity (Wildman–Crippen MR) is 132 cm³/mol. The standard InChI is InChI=1S/C24H19N5O3S/c1-14(2)16-12-21(32-3)18(13-20(16)29(30)31)26-24-25-17-9-11-33-22(17)23(27-24)28-10-8-15-6-4-5-7-19(15)28/h4-13H,1H2,2-3H3,(H,25,26,27). The first-order chi connectivity index (χ1) is 16.0. The molecule has 0 saturated heterocycles. The second kappa shape index (κ2) is 8.03. The van der Waals surface area contributed by atoms with Gasteiger partial charge in [0.15, 0.2) is 5.82 Å². The fourth-order valence-electron chi connectivity index (χ4n) is 3.78. The molecule has 0 saturated carbocycles. The Bertz CT molecular complexity index is 1550. The summed E-state index contributed by atoms with van der Waals surface area (Å²) in [6.07, 6.45) is 1.98.